The summed E-state index contributed by atoms with van der Waals surface area (Å²) in [5.41, 5.74) is 2.18. The predicted octanol–water partition coefficient (Wildman–Crippen LogP) is 5.52. The number of hydrogen-bond acceptors (Lipinski definition) is 5. The van der Waals surface area contributed by atoms with E-state index >= 15 is 0 Å². The third kappa shape index (κ3) is 6.80. The van der Waals surface area contributed by atoms with E-state index in [1.54, 1.807) is 6.92 Å². The molecule has 0 aliphatic rings. The van der Waals surface area contributed by atoms with E-state index in [-0.39, 0.29) is 16.8 Å². The van der Waals surface area contributed by atoms with Gasteiger partial charge in [-0.1, -0.05) is 24.3 Å². The maximum absolute atomic E-state index is 12.5. The first-order valence-corrected chi connectivity index (χ1v) is 10.6. The van der Waals surface area contributed by atoms with Gasteiger partial charge in [-0.05, 0) is 61.6 Å². The lowest BCUT2D eigenvalue weighted by atomic mass is 10.3. The average Bonchev–Trinajstić information content (AvgIpc) is 2.75. The van der Waals surface area contributed by atoms with Crippen LogP contribution in [0.1, 0.15) is 6.92 Å². The minimum Gasteiger partial charge on any atom is -0.332 e. The maximum Gasteiger partial charge on any atom is 0.269 e. The Labute approximate surface area is 189 Å². The minimum atomic E-state index is -0.480. The fourth-order valence-corrected chi connectivity index (χ4v) is 3.79. The van der Waals surface area contributed by atoms with Crippen molar-refractivity contribution in [1.29, 1.82) is 0 Å². The van der Waals surface area contributed by atoms with Crippen molar-refractivity contribution < 1.29 is 9.72 Å². The number of nitrogens with one attached hydrogen (secondary N) is 3. The lowest BCUT2D eigenvalue weighted by Crippen LogP contribution is -2.22. The number of nitro benzene ring substituents is 1. The van der Waals surface area contributed by atoms with Crippen LogP contribution in [-0.4, -0.2) is 21.2 Å². The van der Waals surface area contributed by atoms with Crippen molar-refractivity contribution in [2.24, 2.45) is 0 Å². The molecule has 0 heterocycles. The number of anilines is 3. The van der Waals surface area contributed by atoms with E-state index in [0.29, 0.717) is 10.8 Å². The van der Waals surface area contributed by atoms with Crippen LogP contribution in [0.15, 0.2) is 83.8 Å². The minimum absolute atomic E-state index is 0.0237. The molecule has 0 saturated heterocycles. The van der Waals surface area contributed by atoms with Crippen LogP contribution in [0.3, 0.4) is 0 Å². The van der Waals surface area contributed by atoms with Crippen molar-refractivity contribution >= 4 is 57.7 Å². The predicted molar refractivity (Wildman–Crippen MR) is 130 cm³/mol. The summed E-state index contributed by atoms with van der Waals surface area (Å²) in [6.07, 6.45) is 0. The molecule has 0 radical (unpaired) electrons. The Hall–Kier alpha value is -3.43. The second kappa shape index (κ2) is 10.6. The zero-order valence-corrected chi connectivity index (χ0v) is 18.2. The quantitative estimate of drug-likeness (QED) is 0.188. The highest BCUT2D eigenvalue weighted by atomic mass is 32.2. The monoisotopic (exact) mass is 452 g/mol. The Kier molecular flexibility index (Phi) is 7.58. The first kappa shape index (κ1) is 22.3. The molecule has 0 saturated carbocycles. The summed E-state index contributed by atoms with van der Waals surface area (Å²) >= 11 is 6.75. The fraction of sp³-hybridized carbons (Fsp3) is 0.0909. The molecule has 9 heteroatoms. The fourth-order valence-electron chi connectivity index (χ4n) is 2.63. The number of thioether (sulfide) groups is 1. The topological polar surface area (TPSA) is 96.3 Å². The smallest absolute Gasteiger partial charge is 0.269 e. The van der Waals surface area contributed by atoms with E-state index in [1.807, 2.05) is 54.6 Å². The summed E-state index contributed by atoms with van der Waals surface area (Å²) in [6.45, 7) is 1.80. The normalized spacial score (nSPS) is 11.3. The second-order valence-corrected chi connectivity index (χ2v) is 8.35. The first-order valence-electron chi connectivity index (χ1n) is 9.36. The summed E-state index contributed by atoms with van der Waals surface area (Å²) in [6, 6.07) is 23.0. The van der Waals surface area contributed by atoms with Crippen LogP contribution < -0.4 is 16.0 Å². The van der Waals surface area contributed by atoms with Gasteiger partial charge in [0, 0.05) is 34.1 Å². The molecule has 1 unspecified atom stereocenters. The Balaban J connectivity index is 1.56. The second-order valence-electron chi connectivity index (χ2n) is 6.53. The number of amides is 1. The van der Waals surface area contributed by atoms with Crippen molar-refractivity contribution in [1.82, 2.24) is 0 Å². The molecule has 3 rings (SSSR count). The third-order valence-corrected chi connectivity index (χ3v) is 5.45. The Morgan fingerprint density at radius 1 is 0.903 bits per heavy atom. The number of non-ortho nitro benzene ring substituents is 1. The standard InChI is InChI=1S/C22H20N4O3S2/c1-15(21(27)23-17-10-12-19(13-11-17)26(28)29)31-20-9-5-8-18(14-20)25-22(30)24-16-6-3-2-4-7-16/h2-15H,1H3,(H,23,27)(H2,24,25,30). The molecule has 3 N–H and O–H groups in total. The molecule has 1 atom stereocenters. The number of para-hydroxylation sites is 1. The summed E-state index contributed by atoms with van der Waals surface area (Å²) in [5, 5.41) is 19.9. The summed E-state index contributed by atoms with van der Waals surface area (Å²) in [7, 11) is 0. The van der Waals surface area contributed by atoms with E-state index < -0.39 is 4.92 Å². The number of thiocarbonyl (C=S) groups is 1. The van der Waals surface area contributed by atoms with Gasteiger partial charge in [-0.15, -0.1) is 11.8 Å². The number of benzene rings is 3. The van der Waals surface area contributed by atoms with Gasteiger partial charge in [0.2, 0.25) is 5.91 Å². The van der Waals surface area contributed by atoms with Crippen LogP contribution in [0.2, 0.25) is 0 Å². The first-order chi connectivity index (χ1) is 14.9. The van der Waals surface area contributed by atoms with Crippen LogP contribution in [0, 0.1) is 10.1 Å². The molecule has 0 fully saturated rings. The molecule has 31 heavy (non-hydrogen) atoms. The molecule has 0 bridgehead atoms. The average molecular weight is 453 g/mol. The molecule has 3 aromatic carbocycles. The molecule has 0 spiro atoms. The zero-order valence-electron chi connectivity index (χ0n) is 16.6. The molecule has 0 aliphatic carbocycles. The lowest BCUT2D eigenvalue weighted by Gasteiger charge is -2.14. The summed E-state index contributed by atoms with van der Waals surface area (Å²) in [5.74, 6) is -0.196. The molecule has 158 valence electrons. The van der Waals surface area contributed by atoms with Crippen molar-refractivity contribution in [3.63, 3.8) is 0 Å². The van der Waals surface area contributed by atoms with Crippen LogP contribution in [-0.2, 0) is 4.79 Å². The number of rotatable bonds is 7. The van der Waals surface area contributed by atoms with Crippen LogP contribution in [0.4, 0.5) is 22.7 Å². The molecule has 3 aromatic rings. The number of nitrogens with zero attached hydrogens (tertiary/aromatic N) is 1. The number of carbonyl (C=O) groups is 1. The van der Waals surface area contributed by atoms with Crippen molar-refractivity contribution in [3.8, 4) is 0 Å². The maximum atomic E-state index is 12.5. The molecule has 7 nitrogen and oxygen atoms in total. The van der Waals surface area contributed by atoms with Gasteiger partial charge in [-0.25, -0.2) is 0 Å². The van der Waals surface area contributed by atoms with Gasteiger partial charge in [0.1, 0.15) is 0 Å². The largest absolute Gasteiger partial charge is 0.332 e. The van der Waals surface area contributed by atoms with Gasteiger partial charge in [-0.3, -0.25) is 14.9 Å². The van der Waals surface area contributed by atoms with E-state index in [1.165, 1.54) is 36.0 Å². The van der Waals surface area contributed by atoms with Gasteiger partial charge in [0.25, 0.3) is 5.69 Å². The Bertz CT molecular complexity index is 1080. The van der Waals surface area contributed by atoms with Crippen LogP contribution >= 0.6 is 24.0 Å². The molecular weight excluding hydrogens is 432 g/mol. The van der Waals surface area contributed by atoms with Gasteiger partial charge in [0.15, 0.2) is 5.11 Å². The van der Waals surface area contributed by atoms with Crippen molar-refractivity contribution in [2.45, 2.75) is 17.1 Å². The summed E-state index contributed by atoms with van der Waals surface area (Å²) in [4.78, 5) is 23.6. The Morgan fingerprint density at radius 2 is 1.52 bits per heavy atom. The van der Waals surface area contributed by atoms with E-state index in [4.69, 9.17) is 12.2 Å². The van der Waals surface area contributed by atoms with Crippen LogP contribution in [0.5, 0.6) is 0 Å². The molecular formula is C22H20N4O3S2. The van der Waals surface area contributed by atoms with Crippen molar-refractivity contribution in [3.05, 3.63) is 89.0 Å². The van der Waals surface area contributed by atoms with Gasteiger partial charge < -0.3 is 16.0 Å². The van der Waals surface area contributed by atoms with Crippen LogP contribution in [0.25, 0.3) is 0 Å². The highest BCUT2D eigenvalue weighted by Crippen LogP contribution is 2.27. The third-order valence-electron chi connectivity index (χ3n) is 4.15. The van der Waals surface area contributed by atoms with Crippen molar-refractivity contribution in [2.75, 3.05) is 16.0 Å². The van der Waals surface area contributed by atoms with E-state index in [9.17, 15) is 14.9 Å². The Morgan fingerprint density at radius 3 is 2.19 bits per heavy atom. The van der Waals surface area contributed by atoms with E-state index in [0.717, 1.165) is 16.3 Å². The highest BCUT2D eigenvalue weighted by molar-refractivity contribution is 8.00. The number of hydrogen-bond donors (Lipinski definition) is 3. The zero-order chi connectivity index (χ0) is 22.2. The highest BCUT2D eigenvalue weighted by Gasteiger charge is 2.15. The van der Waals surface area contributed by atoms with Gasteiger partial charge >= 0.3 is 0 Å². The van der Waals surface area contributed by atoms with Gasteiger partial charge in [0.05, 0.1) is 10.2 Å². The van der Waals surface area contributed by atoms with E-state index in [2.05, 4.69) is 16.0 Å². The number of carbonyl (C=O) groups excluding carboxylic acids is 1. The summed E-state index contributed by atoms with van der Waals surface area (Å²) < 4.78 is 0. The number of nitro groups is 1. The molecule has 0 aromatic heterocycles. The van der Waals surface area contributed by atoms with Gasteiger partial charge in [-0.2, -0.15) is 0 Å². The molecule has 0 aliphatic heterocycles. The lowest BCUT2D eigenvalue weighted by molar-refractivity contribution is -0.384. The SMILES string of the molecule is CC(Sc1cccc(NC(=S)Nc2ccccc2)c1)C(=O)Nc1ccc([N+](=O)[O-])cc1. The molecule has 1 amide bonds.